The van der Waals surface area contributed by atoms with Gasteiger partial charge in [0.1, 0.15) is 6.04 Å². The molecule has 2 aliphatic heterocycles. The van der Waals surface area contributed by atoms with Crippen LogP contribution in [0.3, 0.4) is 0 Å². The smallest absolute Gasteiger partial charge is 0.241 e. The normalized spacial score (nSPS) is 33.6. The van der Waals surface area contributed by atoms with Gasteiger partial charge in [0.2, 0.25) is 15.9 Å². The summed E-state index contributed by atoms with van der Waals surface area (Å²) < 4.78 is 24.6. The number of amides is 1. The van der Waals surface area contributed by atoms with Crippen LogP contribution in [0.4, 0.5) is 0 Å². The van der Waals surface area contributed by atoms with E-state index in [9.17, 15) is 23.4 Å². The van der Waals surface area contributed by atoms with Crippen molar-refractivity contribution in [2.24, 2.45) is 0 Å². The van der Waals surface area contributed by atoms with E-state index < -0.39 is 28.3 Å². The molecular formula is C11H20N2O5S. The number of nitrogens with zero attached hydrogens (tertiary/aromatic N) is 2. The van der Waals surface area contributed by atoms with Gasteiger partial charge in [0, 0.05) is 19.6 Å². The summed E-state index contributed by atoms with van der Waals surface area (Å²) in [6.45, 7) is 0.483. The number of aliphatic hydroxyl groups is 2. The predicted molar refractivity (Wildman–Crippen MR) is 67.8 cm³/mol. The first-order valence-electron chi connectivity index (χ1n) is 6.42. The molecule has 0 radical (unpaired) electrons. The summed E-state index contributed by atoms with van der Waals surface area (Å²) >= 11 is 0. The van der Waals surface area contributed by atoms with Gasteiger partial charge in [-0.25, -0.2) is 8.42 Å². The molecule has 1 amide bonds. The monoisotopic (exact) mass is 292 g/mol. The van der Waals surface area contributed by atoms with Gasteiger partial charge in [-0.15, -0.1) is 0 Å². The number of carbonyl (C=O) groups is 1. The van der Waals surface area contributed by atoms with Gasteiger partial charge in [-0.05, 0) is 12.8 Å². The zero-order valence-electron chi connectivity index (χ0n) is 10.9. The Morgan fingerprint density at radius 1 is 1.16 bits per heavy atom. The lowest BCUT2D eigenvalue weighted by Gasteiger charge is -2.34. The van der Waals surface area contributed by atoms with Gasteiger partial charge in [-0.1, -0.05) is 6.42 Å². The number of carbonyl (C=O) groups excluding carboxylic acids is 1. The van der Waals surface area contributed by atoms with Crippen LogP contribution in [0.2, 0.25) is 0 Å². The summed E-state index contributed by atoms with van der Waals surface area (Å²) in [4.78, 5) is 13.7. The lowest BCUT2D eigenvalue weighted by atomic mass is 10.0. The number of sulfonamides is 1. The van der Waals surface area contributed by atoms with E-state index in [2.05, 4.69) is 0 Å². The van der Waals surface area contributed by atoms with Crippen molar-refractivity contribution in [1.82, 2.24) is 9.21 Å². The summed E-state index contributed by atoms with van der Waals surface area (Å²) in [7, 11) is -3.42. The Bertz CT molecular complexity index is 442. The number of hydrogen-bond acceptors (Lipinski definition) is 5. The topological polar surface area (TPSA) is 98.2 Å². The van der Waals surface area contributed by atoms with Crippen molar-refractivity contribution in [3.05, 3.63) is 0 Å². The van der Waals surface area contributed by atoms with Crippen molar-refractivity contribution >= 4 is 15.9 Å². The van der Waals surface area contributed by atoms with Crippen LogP contribution in [-0.2, 0) is 14.8 Å². The Labute approximate surface area is 112 Å². The molecule has 110 valence electrons. The molecule has 7 nitrogen and oxygen atoms in total. The van der Waals surface area contributed by atoms with Gasteiger partial charge < -0.3 is 15.1 Å². The minimum atomic E-state index is -3.42. The third-order valence-corrected chi connectivity index (χ3v) is 5.02. The molecule has 0 aromatic heterocycles. The molecule has 2 aliphatic rings. The zero-order valence-corrected chi connectivity index (χ0v) is 11.7. The average molecular weight is 292 g/mol. The highest BCUT2D eigenvalue weighted by atomic mass is 32.2. The van der Waals surface area contributed by atoms with Crippen LogP contribution in [0, 0.1) is 0 Å². The van der Waals surface area contributed by atoms with Gasteiger partial charge in [0.05, 0.1) is 18.5 Å². The Morgan fingerprint density at radius 3 is 2.26 bits per heavy atom. The fraction of sp³-hybridized carbons (Fsp3) is 0.909. The first-order chi connectivity index (χ1) is 8.80. The van der Waals surface area contributed by atoms with Crippen molar-refractivity contribution in [2.45, 2.75) is 37.5 Å². The molecule has 0 bridgehead atoms. The SMILES string of the molecule is CS(=O)(=O)N1CCCCC1C(=O)N1C[C@@H](O)[C@@H](O)C1. The number of β-amino-alcohol motifs (C(OH)–C–C–N with tert-alkyl or cyclic N) is 2. The average Bonchev–Trinajstić information content (AvgIpc) is 2.68. The van der Waals surface area contributed by atoms with Crippen LogP contribution >= 0.6 is 0 Å². The van der Waals surface area contributed by atoms with Crippen LogP contribution in [0.1, 0.15) is 19.3 Å². The number of likely N-dealkylation sites (tertiary alicyclic amines) is 1. The van der Waals surface area contributed by atoms with Gasteiger partial charge in [-0.2, -0.15) is 4.31 Å². The minimum absolute atomic E-state index is 0.0636. The van der Waals surface area contributed by atoms with E-state index in [1.807, 2.05) is 0 Å². The number of aliphatic hydroxyl groups excluding tert-OH is 2. The first-order valence-corrected chi connectivity index (χ1v) is 8.27. The van der Waals surface area contributed by atoms with E-state index in [4.69, 9.17) is 0 Å². The number of hydrogen-bond donors (Lipinski definition) is 2. The highest BCUT2D eigenvalue weighted by Crippen LogP contribution is 2.23. The first kappa shape index (κ1) is 14.7. The molecule has 8 heteroatoms. The Hall–Kier alpha value is -0.700. The predicted octanol–water partition coefficient (Wildman–Crippen LogP) is -1.64. The molecule has 0 aromatic carbocycles. The molecule has 0 aromatic rings. The van der Waals surface area contributed by atoms with E-state index in [1.54, 1.807) is 0 Å². The van der Waals surface area contributed by atoms with Gasteiger partial charge in [-0.3, -0.25) is 4.79 Å². The van der Waals surface area contributed by atoms with E-state index in [0.29, 0.717) is 13.0 Å². The Balaban J connectivity index is 2.13. The molecule has 2 heterocycles. The third kappa shape index (κ3) is 3.07. The standard InChI is InChI=1S/C11H20N2O5S/c1-19(17,18)13-5-3-2-4-8(13)11(16)12-6-9(14)10(15)7-12/h8-10,14-15H,2-7H2,1H3/t8?,9-,10+. The maximum Gasteiger partial charge on any atom is 0.241 e. The fourth-order valence-electron chi connectivity index (χ4n) is 2.71. The van der Waals surface area contributed by atoms with Crippen LogP contribution < -0.4 is 0 Å². The van der Waals surface area contributed by atoms with Gasteiger partial charge >= 0.3 is 0 Å². The zero-order chi connectivity index (χ0) is 14.2. The van der Waals surface area contributed by atoms with E-state index in [-0.39, 0.29) is 19.0 Å². The van der Waals surface area contributed by atoms with E-state index in [1.165, 1.54) is 9.21 Å². The van der Waals surface area contributed by atoms with Gasteiger partial charge in [0.25, 0.3) is 0 Å². The lowest BCUT2D eigenvalue weighted by Crippen LogP contribution is -2.52. The Morgan fingerprint density at radius 2 is 1.74 bits per heavy atom. The van der Waals surface area contributed by atoms with Crippen molar-refractivity contribution < 1.29 is 23.4 Å². The highest BCUT2D eigenvalue weighted by molar-refractivity contribution is 7.88. The highest BCUT2D eigenvalue weighted by Gasteiger charge is 2.40. The molecule has 0 aliphatic carbocycles. The summed E-state index contributed by atoms with van der Waals surface area (Å²) in [6.07, 6.45) is 1.27. The molecule has 19 heavy (non-hydrogen) atoms. The van der Waals surface area contributed by atoms with Crippen molar-refractivity contribution in [3.8, 4) is 0 Å². The summed E-state index contributed by atoms with van der Waals surface area (Å²) in [5.41, 5.74) is 0. The van der Waals surface area contributed by atoms with Gasteiger partial charge in [0.15, 0.2) is 0 Å². The van der Waals surface area contributed by atoms with Crippen LogP contribution in [-0.4, -0.2) is 77.9 Å². The fourth-order valence-corrected chi connectivity index (χ4v) is 3.83. The lowest BCUT2D eigenvalue weighted by molar-refractivity contribution is -0.135. The summed E-state index contributed by atoms with van der Waals surface area (Å²) in [5, 5.41) is 18.9. The van der Waals surface area contributed by atoms with Crippen LogP contribution in [0.25, 0.3) is 0 Å². The molecular weight excluding hydrogens is 272 g/mol. The molecule has 3 atom stereocenters. The second kappa shape index (κ2) is 5.35. The molecule has 1 unspecified atom stereocenters. The third-order valence-electron chi connectivity index (χ3n) is 3.74. The van der Waals surface area contributed by atoms with Crippen molar-refractivity contribution in [2.75, 3.05) is 25.9 Å². The maximum atomic E-state index is 12.3. The van der Waals surface area contributed by atoms with Crippen LogP contribution in [0.5, 0.6) is 0 Å². The largest absolute Gasteiger partial charge is 0.388 e. The summed E-state index contributed by atoms with van der Waals surface area (Å²) in [5.74, 6) is -0.319. The van der Waals surface area contributed by atoms with Crippen LogP contribution in [0.15, 0.2) is 0 Å². The molecule has 2 fully saturated rings. The number of rotatable bonds is 2. The maximum absolute atomic E-state index is 12.3. The second-order valence-electron chi connectivity index (χ2n) is 5.26. The second-order valence-corrected chi connectivity index (χ2v) is 7.20. The quantitative estimate of drug-likeness (QED) is 0.636. The molecule has 0 spiro atoms. The van der Waals surface area contributed by atoms with Crippen molar-refractivity contribution in [1.29, 1.82) is 0 Å². The molecule has 2 saturated heterocycles. The molecule has 0 saturated carbocycles. The van der Waals surface area contributed by atoms with Crippen molar-refractivity contribution in [3.63, 3.8) is 0 Å². The Kier molecular flexibility index (Phi) is 4.14. The van der Waals surface area contributed by atoms with E-state index >= 15 is 0 Å². The number of piperidine rings is 1. The molecule has 2 rings (SSSR count). The minimum Gasteiger partial charge on any atom is -0.388 e. The molecule has 2 N–H and O–H groups in total. The van der Waals surface area contributed by atoms with E-state index in [0.717, 1.165) is 19.1 Å². The summed E-state index contributed by atoms with van der Waals surface area (Å²) in [6, 6.07) is -0.693.